The molecule has 0 spiro atoms. The lowest BCUT2D eigenvalue weighted by molar-refractivity contribution is 0.102. The Morgan fingerprint density at radius 1 is 1.27 bits per heavy atom. The molecule has 26 heavy (non-hydrogen) atoms. The number of aromatic nitrogens is 5. The number of carbonyl (C=O) groups is 1. The predicted octanol–water partition coefficient (Wildman–Crippen LogP) is 2.89. The van der Waals surface area contributed by atoms with Gasteiger partial charge in [0.15, 0.2) is 17.1 Å². The zero-order valence-electron chi connectivity index (χ0n) is 12.9. The third-order valence-corrected chi connectivity index (χ3v) is 4.14. The molecule has 4 rings (SSSR count). The highest BCUT2D eigenvalue weighted by Gasteiger charge is 2.19. The lowest BCUT2D eigenvalue weighted by Crippen LogP contribution is -2.13. The predicted molar refractivity (Wildman–Crippen MR) is 94.0 cm³/mol. The topological polar surface area (TPSA) is 133 Å². The number of nitriles is 1. The Kier molecular flexibility index (Phi) is 3.91. The Balaban J connectivity index is 1.74. The summed E-state index contributed by atoms with van der Waals surface area (Å²) in [6, 6.07) is 12.1. The number of hydrogen-bond donors (Lipinski definition) is 2. The highest BCUT2D eigenvalue weighted by atomic mass is 79.9. The normalized spacial score (nSPS) is 10.6. The van der Waals surface area contributed by atoms with Crippen molar-refractivity contribution in [3.8, 4) is 17.5 Å². The Labute approximate surface area is 154 Å². The van der Waals surface area contributed by atoms with Crippen molar-refractivity contribution in [2.45, 2.75) is 0 Å². The van der Waals surface area contributed by atoms with E-state index in [2.05, 4.69) is 47.0 Å². The van der Waals surface area contributed by atoms with Crippen LogP contribution in [-0.2, 0) is 0 Å². The first-order chi connectivity index (χ1) is 12.7. The third-order valence-electron chi connectivity index (χ3n) is 3.64. The molecule has 0 bridgehead atoms. The molecule has 4 aromatic rings. The smallest absolute Gasteiger partial charge is 0.278 e. The monoisotopic (exact) mass is 409 g/mol. The number of halogens is 1. The maximum absolute atomic E-state index is 12.7. The molecule has 0 aliphatic heterocycles. The summed E-state index contributed by atoms with van der Waals surface area (Å²) in [7, 11) is 0. The quantitative estimate of drug-likeness (QED) is 0.531. The molecule has 0 saturated heterocycles. The van der Waals surface area contributed by atoms with Crippen LogP contribution in [0.15, 0.2) is 45.4 Å². The van der Waals surface area contributed by atoms with E-state index in [-0.39, 0.29) is 5.69 Å². The summed E-state index contributed by atoms with van der Waals surface area (Å²) in [6.45, 7) is 0. The van der Waals surface area contributed by atoms with E-state index in [9.17, 15) is 4.79 Å². The lowest BCUT2D eigenvalue weighted by Gasteiger charge is -2.08. The molecular weight excluding hydrogens is 402 g/mol. The lowest BCUT2D eigenvalue weighted by atomic mass is 10.1. The molecule has 2 heterocycles. The van der Waals surface area contributed by atoms with Gasteiger partial charge in [0.1, 0.15) is 0 Å². The second-order valence-electron chi connectivity index (χ2n) is 5.25. The van der Waals surface area contributed by atoms with Gasteiger partial charge in [0.05, 0.1) is 22.7 Å². The molecular formula is C16H8BrN7O2. The number of anilines is 1. The SMILES string of the molecule is N#Cc1ccc(NC(=O)c2noc3ccc(Br)cc23)c(-c2nnn[nH]2)c1. The molecule has 2 aromatic carbocycles. The first kappa shape index (κ1) is 15.9. The van der Waals surface area contributed by atoms with Crippen molar-refractivity contribution < 1.29 is 9.32 Å². The molecule has 0 aliphatic carbocycles. The molecule has 0 atom stereocenters. The molecule has 0 fully saturated rings. The number of benzene rings is 2. The fourth-order valence-electron chi connectivity index (χ4n) is 2.45. The van der Waals surface area contributed by atoms with E-state index in [0.717, 1.165) is 4.47 Å². The van der Waals surface area contributed by atoms with Gasteiger partial charge in [0.25, 0.3) is 5.91 Å². The molecule has 9 nitrogen and oxygen atoms in total. The second-order valence-corrected chi connectivity index (χ2v) is 6.16. The number of nitrogens with one attached hydrogen (secondary N) is 2. The van der Waals surface area contributed by atoms with E-state index < -0.39 is 5.91 Å². The van der Waals surface area contributed by atoms with Gasteiger partial charge in [-0.05, 0) is 46.8 Å². The minimum atomic E-state index is -0.458. The first-order valence-corrected chi connectivity index (χ1v) is 8.09. The van der Waals surface area contributed by atoms with Crippen molar-refractivity contribution in [3.05, 3.63) is 52.1 Å². The van der Waals surface area contributed by atoms with E-state index in [1.54, 1.807) is 36.4 Å². The third kappa shape index (κ3) is 2.80. The number of aromatic amines is 1. The van der Waals surface area contributed by atoms with E-state index in [1.807, 2.05) is 6.07 Å². The van der Waals surface area contributed by atoms with Crippen LogP contribution in [0.25, 0.3) is 22.4 Å². The first-order valence-electron chi connectivity index (χ1n) is 7.30. The zero-order valence-corrected chi connectivity index (χ0v) is 14.5. The van der Waals surface area contributed by atoms with Crippen molar-refractivity contribution in [2.75, 3.05) is 5.32 Å². The van der Waals surface area contributed by atoms with Crippen molar-refractivity contribution in [3.63, 3.8) is 0 Å². The number of hydrogen-bond acceptors (Lipinski definition) is 7. The Hall–Kier alpha value is -3.58. The van der Waals surface area contributed by atoms with Crippen molar-refractivity contribution in [1.29, 1.82) is 5.26 Å². The molecule has 0 saturated carbocycles. The molecule has 1 amide bonds. The molecule has 0 radical (unpaired) electrons. The van der Waals surface area contributed by atoms with Crippen LogP contribution in [0.4, 0.5) is 5.69 Å². The van der Waals surface area contributed by atoms with Crippen molar-refractivity contribution in [2.24, 2.45) is 0 Å². The number of carbonyl (C=O) groups excluding carboxylic acids is 1. The van der Waals surface area contributed by atoms with E-state index in [0.29, 0.717) is 33.6 Å². The van der Waals surface area contributed by atoms with Crippen LogP contribution in [0.3, 0.4) is 0 Å². The van der Waals surface area contributed by atoms with Crippen LogP contribution in [0, 0.1) is 11.3 Å². The van der Waals surface area contributed by atoms with Crippen LogP contribution in [-0.4, -0.2) is 31.7 Å². The average molecular weight is 410 g/mol. The number of amides is 1. The highest BCUT2D eigenvalue weighted by molar-refractivity contribution is 9.10. The average Bonchev–Trinajstić information content (AvgIpc) is 3.31. The van der Waals surface area contributed by atoms with Gasteiger partial charge in [-0.3, -0.25) is 4.79 Å². The molecule has 2 N–H and O–H groups in total. The minimum Gasteiger partial charge on any atom is -0.355 e. The van der Waals surface area contributed by atoms with E-state index in [1.165, 1.54) is 0 Å². The van der Waals surface area contributed by atoms with Crippen LogP contribution in [0.2, 0.25) is 0 Å². The number of H-pyrrole nitrogens is 1. The second kappa shape index (κ2) is 6.38. The maximum atomic E-state index is 12.7. The molecule has 0 aliphatic rings. The largest absolute Gasteiger partial charge is 0.355 e. The van der Waals surface area contributed by atoms with E-state index >= 15 is 0 Å². The molecule has 10 heteroatoms. The van der Waals surface area contributed by atoms with Crippen LogP contribution < -0.4 is 5.32 Å². The van der Waals surface area contributed by atoms with Crippen molar-refractivity contribution in [1.82, 2.24) is 25.8 Å². The zero-order chi connectivity index (χ0) is 18.1. The van der Waals surface area contributed by atoms with Gasteiger partial charge < -0.3 is 9.84 Å². The van der Waals surface area contributed by atoms with Crippen LogP contribution in [0.5, 0.6) is 0 Å². The Morgan fingerprint density at radius 3 is 2.92 bits per heavy atom. The van der Waals surface area contributed by atoms with E-state index in [4.69, 9.17) is 9.78 Å². The summed E-state index contributed by atoms with van der Waals surface area (Å²) in [5.74, 6) is -0.134. The van der Waals surface area contributed by atoms with Gasteiger partial charge in [-0.25, -0.2) is 5.10 Å². The molecule has 126 valence electrons. The minimum absolute atomic E-state index is 0.146. The van der Waals surface area contributed by atoms with Gasteiger partial charge in [-0.15, -0.1) is 5.10 Å². The number of nitrogens with zero attached hydrogens (tertiary/aromatic N) is 5. The van der Waals surface area contributed by atoms with Gasteiger partial charge in [0.2, 0.25) is 0 Å². The van der Waals surface area contributed by atoms with Crippen molar-refractivity contribution >= 4 is 38.5 Å². The molecule has 2 aromatic heterocycles. The Bertz CT molecular complexity index is 1160. The van der Waals surface area contributed by atoms with Gasteiger partial charge in [0, 0.05) is 10.0 Å². The summed E-state index contributed by atoms with van der Waals surface area (Å²) in [4.78, 5) is 12.7. The fraction of sp³-hybridized carbons (Fsp3) is 0. The number of fused-ring (bicyclic) bond motifs is 1. The van der Waals surface area contributed by atoms with Gasteiger partial charge in [-0.1, -0.05) is 21.1 Å². The maximum Gasteiger partial charge on any atom is 0.278 e. The summed E-state index contributed by atoms with van der Waals surface area (Å²) in [6.07, 6.45) is 0. The van der Waals surface area contributed by atoms with Gasteiger partial charge >= 0.3 is 0 Å². The standard InChI is InChI=1S/C16H8BrN7O2/c17-9-2-4-13-11(6-9)14(22-26-13)16(25)19-12-3-1-8(7-18)5-10(12)15-20-23-24-21-15/h1-6H,(H,19,25)(H,20,21,23,24). The van der Waals surface area contributed by atoms with Crippen LogP contribution in [0.1, 0.15) is 16.1 Å². The van der Waals surface area contributed by atoms with Gasteiger partial charge in [-0.2, -0.15) is 5.26 Å². The summed E-state index contributed by atoms with van der Waals surface area (Å²) in [5.41, 5.74) is 1.96. The van der Waals surface area contributed by atoms with Crippen LogP contribution >= 0.6 is 15.9 Å². The summed E-state index contributed by atoms with van der Waals surface area (Å²) in [5, 5.41) is 29.8. The number of tetrazole rings is 1. The number of rotatable bonds is 3. The highest BCUT2D eigenvalue weighted by Crippen LogP contribution is 2.28. The molecule has 0 unspecified atom stereocenters. The fourth-order valence-corrected chi connectivity index (χ4v) is 2.81. The Morgan fingerprint density at radius 2 is 2.15 bits per heavy atom. The summed E-state index contributed by atoms with van der Waals surface area (Å²) < 4.78 is 5.99. The summed E-state index contributed by atoms with van der Waals surface area (Å²) >= 11 is 3.36.